The largest absolute Gasteiger partial charge is 0.462 e. The van der Waals surface area contributed by atoms with Crippen molar-refractivity contribution in [3.8, 4) is 0 Å². The number of ether oxygens (including phenoxy) is 2. The Morgan fingerprint density at radius 1 is 1.03 bits per heavy atom. The molecule has 2 aromatic carbocycles. The van der Waals surface area contributed by atoms with Gasteiger partial charge in [-0.25, -0.2) is 0 Å². The zero-order chi connectivity index (χ0) is 25.3. The molecule has 3 aliphatic heterocycles. The number of esters is 1. The molecule has 2 saturated carbocycles. The fraction of sp³-hybridized carbons (Fsp3) is 0.594. The van der Waals surface area contributed by atoms with Crippen LogP contribution in [-0.2, 0) is 19.9 Å². The first-order valence-electron chi connectivity index (χ1n) is 14.3. The topological polar surface area (TPSA) is 62.3 Å². The monoisotopic (exact) mass is 501 g/mol. The molecule has 1 spiro atoms. The number of likely N-dealkylation sites (tertiary alicyclic amines) is 1. The third kappa shape index (κ3) is 3.72. The second-order valence-corrected chi connectivity index (χ2v) is 12.8. The first-order chi connectivity index (χ1) is 17.9. The van der Waals surface area contributed by atoms with E-state index >= 15 is 0 Å². The van der Waals surface area contributed by atoms with Gasteiger partial charge in [-0.1, -0.05) is 67.6 Å². The normalized spacial score (nSPS) is 39.3. The van der Waals surface area contributed by atoms with Crippen molar-refractivity contribution in [3.05, 3.63) is 71.8 Å². The fourth-order valence-electron chi connectivity index (χ4n) is 8.87. The van der Waals surface area contributed by atoms with Gasteiger partial charge in [-0.2, -0.15) is 0 Å². The van der Waals surface area contributed by atoms with Crippen LogP contribution >= 0.6 is 0 Å². The van der Waals surface area contributed by atoms with Crippen molar-refractivity contribution in [3.63, 3.8) is 0 Å². The number of fused-ring (bicyclic) bond motifs is 3. The maximum Gasteiger partial charge on any atom is 0.310 e. The summed E-state index contributed by atoms with van der Waals surface area (Å²) in [6.07, 6.45) is 7.52. The lowest BCUT2D eigenvalue weighted by atomic mass is 9.53. The van der Waals surface area contributed by atoms with E-state index in [1.165, 1.54) is 19.3 Å². The molecule has 2 aliphatic carbocycles. The third-order valence-corrected chi connectivity index (χ3v) is 10.8. The molecular weight excluding hydrogens is 462 g/mol. The van der Waals surface area contributed by atoms with Gasteiger partial charge in [-0.15, -0.1) is 0 Å². The lowest BCUT2D eigenvalue weighted by Crippen LogP contribution is -2.53. The Bertz CT molecular complexity index is 1110. The first-order valence-corrected chi connectivity index (χ1v) is 14.3. The number of nitrogens with zero attached hydrogens (tertiary/aromatic N) is 1. The van der Waals surface area contributed by atoms with E-state index in [2.05, 4.69) is 11.8 Å². The minimum absolute atomic E-state index is 0.0239. The molecule has 5 heteroatoms. The minimum Gasteiger partial charge on any atom is -0.462 e. The van der Waals surface area contributed by atoms with Crippen molar-refractivity contribution < 1.29 is 19.4 Å². The maximum absolute atomic E-state index is 13.4. The van der Waals surface area contributed by atoms with E-state index < -0.39 is 5.60 Å². The van der Waals surface area contributed by atoms with Crippen molar-refractivity contribution in [2.45, 2.75) is 75.2 Å². The van der Waals surface area contributed by atoms with E-state index in [0.717, 1.165) is 50.0 Å². The van der Waals surface area contributed by atoms with Crippen LogP contribution in [0, 0.1) is 23.2 Å². The molecule has 0 aromatic heterocycles. The van der Waals surface area contributed by atoms with Crippen LogP contribution < -0.4 is 0 Å². The van der Waals surface area contributed by atoms with E-state index in [4.69, 9.17) is 9.47 Å². The van der Waals surface area contributed by atoms with Crippen LogP contribution in [0.15, 0.2) is 60.7 Å². The van der Waals surface area contributed by atoms with Gasteiger partial charge in [0.2, 0.25) is 0 Å². The first kappa shape index (κ1) is 23.9. The molecular formula is C32H39NO4. The van der Waals surface area contributed by atoms with E-state index in [-0.39, 0.29) is 41.0 Å². The predicted octanol–water partition coefficient (Wildman–Crippen LogP) is 4.91. The molecule has 3 heterocycles. The van der Waals surface area contributed by atoms with Crippen molar-refractivity contribution in [2.75, 3.05) is 19.7 Å². The van der Waals surface area contributed by atoms with Crippen molar-refractivity contribution in [2.24, 2.45) is 23.2 Å². The van der Waals surface area contributed by atoms with Crippen LogP contribution in [0.25, 0.3) is 0 Å². The predicted molar refractivity (Wildman–Crippen MR) is 141 cm³/mol. The summed E-state index contributed by atoms with van der Waals surface area (Å²) in [5.41, 5.74) is 0.955. The van der Waals surface area contributed by atoms with E-state index in [1.807, 2.05) is 60.7 Å². The number of aliphatic hydroxyl groups is 1. The van der Waals surface area contributed by atoms with Crippen LogP contribution in [-0.4, -0.2) is 53.4 Å². The summed E-state index contributed by atoms with van der Waals surface area (Å²) >= 11 is 0. The Morgan fingerprint density at radius 2 is 1.70 bits per heavy atom. The second kappa shape index (κ2) is 8.65. The Morgan fingerprint density at radius 3 is 2.35 bits per heavy atom. The zero-order valence-electron chi connectivity index (χ0n) is 21.9. The fourth-order valence-corrected chi connectivity index (χ4v) is 8.87. The number of carbonyl (C=O) groups excluding carboxylic acids is 1. The lowest BCUT2D eigenvalue weighted by Gasteiger charge is -2.51. The summed E-state index contributed by atoms with van der Waals surface area (Å²) in [5.74, 6) is 0.597. The Kier molecular flexibility index (Phi) is 5.58. The molecule has 0 bridgehead atoms. The van der Waals surface area contributed by atoms with Gasteiger partial charge in [0.15, 0.2) is 0 Å². The smallest absolute Gasteiger partial charge is 0.310 e. The van der Waals surface area contributed by atoms with E-state index in [1.54, 1.807) is 0 Å². The Balaban J connectivity index is 1.18. The van der Waals surface area contributed by atoms with Gasteiger partial charge in [0.05, 0.1) is 18.1 Å². The molecule has 0 radical (unpaired) electrons. The van der Waals surface area contributed by atoms with Gasteiger partial charge in [0.1, 0.15) is 11.7 Å². The summed E-state index contributed by atoms with van der Waals surface area (Å²) in [7, 11) is 0. The number of carbonyl (C=O) groups is 1. The average molecular weight is 502 g/mol. The van der Waals surface area contributed by atoms with Gasteiger partial charge in [0, 0.05) is 18.5 Å². The molecule has 196 valence electrons. The van der Waals surface area contributed by atoms with Crippen LogP contribution in [0.4, 0.5) is 0 Å². The number of benzene rings is 2. The minimum atomic E-state index is -1.14. The molecule has 3 saturated heterocycles. The van der Waals surface area contributed by atoms with Crippen LogP contribution in [0.5, 0.6) is 0 Å². The SMILES string of the molecule is C[C@]12CCC[C@@]3(CO3)[C@@H]1C[C@@H]1[C@@H](C2)OC(=O)[C@@H]1CN1CCC[C@@H]1C(O)(c1ccccc1)c1ccccc1. The van der Waals surface area contributed by atoms with Gasteiger partial charge in [-0.3, -0.25) is 9.69 Å². The second-order valence-electron chi connectivity index (χ2n) is 12.8. The highest BCUT2D eigenvalue weighted by Crippen LogP contribution is 2.63. The van der Waals surface area contributed by atoms with E-state index in [9.17, 15) is 9.90 Å². The maximum atomic E-state index is 13.4. The van der Waals surface area contributed by atoms with Crippen molar-refractivity contribution >= 4 is 5.97 Å². The molecule has 0 unspecified atom stereocenters. The van der Waals surface area contributed by atoms with Crippen LogP contribution in [0.3, 0.4) is 0 Å². The quantitative estimate of drug-likeness (QED) is 0.466. The molecule has 5 aliphatic rings. The number of hydrogen-bond acceptors (Lipinski definition) is 5. The highest BCUT2D eigenvalue weighted by Gasteiger charge is 2.65. The summed E-state index contributed by atoms with van der Waals surface area (Å²) in [6.45, 7) is 4.85. The van der Waals surface area contributed by atoms with Crippen LogP contribution in [0.1, 0.15) is 63.0 Å². The van der Waals surface area contributed by atoms with Gasteiger partial charge in [-0.05, 0) is 74.0 Å². The molecule has 1 N–H and O–H groups in total. The molecule has 0 amide bonds. The standard InChI is InChI=1S/C32H39NO4/c1-30-15-9-16-31(21-36-31)27(30)18-24-25(29(34)37-26(24)19-30)20-33-17-8-14-28(33)32(35,22-10-4-2-5-11-22)23-12-6-3-7-13-23/h2-7,10-13,24-28,35H,8-9,14-21H2,1H3/t24-,25+,26+,27+,28+,30+,31+/m0/s1. The molecule has 37 heavy (non-hydrogen) atoms. The lowest BCUT2D eigenvalue weighted by molar-refractivity contribution is -0.147. The highest BCUT2D eigenvalue weighted by molar-refractivity contribution is 5.75. The van der Waals surface area contributed by atoms with Crippen molar-refractivity contribution in [1.82, 2.24) is 4.90 Å². The molecule has 7 rings (SSSR count). The summed E-state index contributed by atoms with van der Waals surface area (Å²) in [4.78, 5) is 15.8. The molecule has 5 fully saturated rings. The molecule has 2 aromatic rings. The van der Waals surface area contributed by atoms with Gasteiger partial charge < -0.3 is 14.6 Å². The summed E-state index contributed by atoms with van der Waals surface area (Å²) in [6, 6.07) is 20.0. The Labute approximate surface area is 220 Å². The molecule has 7 atom stereocenters. The average Bonchev–Trinajstić information content (AvgIpc) is 3.40. The summed E-state index contributed by atoms with van der Waals surface area (Å²) < 4.78 is 12.2. The van der Waals surface area contributed by atoms with E-state index in [0.29, 0.717) is 12.5 Å². The zero-order valence-corrected chi connectivity index (χ0v) is 21.9. The number of hydrogen-bond donors (Lipinski definition) is 1. The Hall–Kier alpha value is -2.21. The summed E-state index contributed by atoms with van der Waals surface area (Å²) in [5, 5.41) is 12.5. The number of epoxide rings is 1. The van der Waals surface area contributed by atoms with Crippen LogP contribution in [0.2, 0.25) is 0 Å². The van der Waals surface area contributed by atoms with Gasteiger partial charge in [0.25, 0.3) is 0 Å². The van der Waals surface area contributed by atoms with Crippen molar-refractivity contribution in [1.29, 1.82) is 0 Å². The van der Waals surface area contributed by atoms with Gasteiger partial charge >= 0.3 is 5.97 Å². The number of rotatable bonds is 5. The highest BCUT2D eigenvalue weighted by atomic mass is 16.6. The molecule has 5 nitrogen and oxygen atoms in total. The third-order valence-electron chi connectivity index (χ3n) is 10.8.